The molecule has 2 atom stereocenters. The summed E-state index contributed by atoms with van der Waals surface area (Å²) in [5, 5.41) is 3.12. The number of hydroxylamine groups is 3. The molecule has 2 heterocycles. The summed E-state index contributed by atoms with van der Waals surface area (Å²) in [7, 11) is -4.71. The highest BCUT2D eigenvalue weighted by Gasteiger charge is 2.49. The van der Waals surface area contributed by atoms with E-state index >= 15 is 0 Å². The third-order valence-electron chi connectivity index (χ3n) is 6.17. The van der Waals surface area contributed by atoms with Crippen molar-refractivity contribution in [2.45, 2.75) is 83.4 Å². The molecule has 0 unspecified atom stereocenters. The van der Waals surface area contributed by atoms with Gasteiger partial charge in [-0.15, -0.1) is 4.28 Å². The molecule has 38 heavy (non-hydrogen) atoms. The average molecular weight is 565 g/mol. The van der Waals surface area contributed by atoms with E-state index in [0.717, 1.165) is 19.3 Å². The number of carbonyl (C=O) groups excluding carboxylic acids is 4. The predicted octanol–water partition coefficient (Wildman–Crippen LogP) is 1.10. The van der Waals surface area contributed by atoms with Crippen LogP contribution in [0.3, 0.4) is 0 Å². The van der Waals surface area contributed by atoms with E-state index in [-0.39, 0.29) is 38.5 Å². The summed E-state index contributed by atoms with van der Waals surface area (Å²) in [6, 6.07) is -2.36. The van der Waals surface area contributed by atoms with Crippen molar-refractivity contribution in [2.75, 3.05) is 26.5 Å². The van der Waals surface area contributed by atoms with Crippen LogP contribution in [-0.2, 0) is 42.8 Å². The molecule has 1 saturated carbocycles. The Hall–Kier alpha value is -2.69. The summed E-state index contributed by atoms with van der Waals surface area (Å²) in [4.78, 5) is 55.2. The first-order valence-electron chi connectivity index (χ1n) is 12.6. The first-order chi connectivity index (χ1) is 17.9. The van der Waals surface area contributed by atoms with Crippen molar-refractivity contribution < 1.29 is 50.4 Å². The lowest BCUT2D eigenvalue weighted by Crippen LogP contribution is -2.50. The molecule has 1 aliphatic carbocycles. The second-order valence-corrected chi connectivity index (χ2v) is 11.5. The number of fused-ring (bicyclic) bond motifs is 2. The molecule has 2 N–H and O–H groups in total. The maximum absolute atomic E-state index is 12.8. The van der Waals surface area contributed by atoms with Gasteiger partial charge in [0.05, 0.1) is 18.6 Å². The summed E-state index contributed by atoms with van der Waals surface area (Å²) in [5.41, 5.74) is 1.58. The Bertz CT molecular complexity index is 978. The third kappa shape index (κ3) is 8.68. The molecule has 0 aromatic heterocycles. The topological polar surface area (TPSA) is 179 Å². The number of nitrogens with zero attached hydrogens (tertiary/aromatic N) is 2. The number of rotatable bonds is 11. The van der Waals surface area contributed by atoms with Gasteiger partial charge in [-0.1, -0.05) is 19.3 Å². The van der Waals surface area contributed by atoms with Gasteiger partial charge in [-0.2, -0.15) is 13.5 Å². The molecule has 16 heteroatoms. The van der Waals surface area contributed by atoms with Crippen molar-refractivity contribution in [1.82, 2.24) is 20.8 Å². The Labute approximate surface area is 221 Å². The fourth-order valence-electron chi connectivity index (χ4n) is 4.43. The van der Waals surface area contributed by atoms with Gasteiger partial charge >= 0.3 is 28.5 Å². The number of urea groups is 1. The fourth-order valence-corrected chi connectivity index (χ4v) is 5.02. The second kappa shape index (κ2) is 12.9. The summed E-state index contributed by atoms with van der Waals surface area (Å²) in [6.07, 6.45) is 4.13. The molecular formula is C22H36N4O11S. The van der Waals surface area contributed by atoms with Crippen molar-refractivity contribution >= 4 is 34.4 Å². The summed E-state index contributed by atoms with van der Waals surface area (Å²) in [5.74, 6) is -1.42. The minimum Gasteiger partial charge on any atom is -0.444 e. The van der Waals surface area contributed by atoms with Gasteiger partial charge in [0.1, 0.15) is 11.6 Å². The average Bonchev–Trinajstić information content (AvgIpc) is 3.07. The van der Waals surface area contributed by atoms with Gasteiger partial charge in [0.25, 0.3) is 5.91 Å². The van der Waals surface area contributed by atoms with Crippen LogP contribution in [0.2, 0.25) is 0 Å². The van der Waals surface area contributed by atoms with Gasteiger partial charge in [0.15, 0.2) is 0 Å². The number of hydrogen-bond donors (Lipinski definition) is 2. The van der Waals surface area contributed by atoms with Crippen LogP contribution in [0.1, 0.15) is 65.7 Å². The smallest absolute Gasteiger partial charge is 0.424 e. The number of piperidine rings is 1. The molecule has 4 amide bonds. The summed E-state index contributed by atoms with van der Waals surface area (Å²) in [6.45, 7) is 4.39. The zero-order valence-electron chi connectivity index (χ0n) is 21.8. The minimum absolute atomic E-state index is 0.0512. The van der Waals surface area contributed by atoms with Crippen molar-refractivity contribution in [1.29, 1.82) is 0 Å². The van der Waals surface area contributed by atoms with Crippen molar-refractivity contribution in [3.05, 3.63) is 0 Å². The quantitative estimate of drug-likeness (QED) is 0.159. The van der Waals surface area contributed by atoms with Gasteiger partial charge in [0, 0.05) is 13.1 Å². The van der Waals surface area contributed by atoms with E-state index in [2.05, 4.69) is 15.0 Å². The van der Waals surface area contributed by atoms with Crippen LogP contribution in [0.15, 0.2) is 0 Å². The highest BCUT2D eigenvalue weighted by atomic mass is 32.3. The molecule has 0 aromatic carbocycles. The molecular weight excluding hydrogens is 528 g/mol. The lowest BCUT2D eigenvalue weighted by Gasteiger charge is -2.28. The van der Waals surface area contributed by atoms with Crippen LogP contribution in [0.25, 0.3) is 0 Å². The van der Waals surface area contributed by atoms with Gasteiger partial charge < -0.3 is 19.7 Å². The zero-order chi connectivity index (χ0) is 27.9. The first-order valence-corrected chi connectivity index (χ1v) is 13.9. The largest absolute Gasteiger partial charge is 0.444 e. The molecule has 15 nitrogen and oxygen atoms in total. The highest BCUT2D eigenvalue weighted by Crippen LogP contribution is 2.31. The molecule has 2 bridgehead atoms. The number of nitrogens with one attached hydrogen (secondary N) is 2. The van der Waals surface area contributed by atoms with E-state index < -0.39 is 58.9 Å². The second-order valence-electron chi connectivity index (χ2n) is 10.3. The number of alkyl carbamates (subject to hydrolysis) is 1. The maximum Gasteiger partial charge on any atom is 0.424 e. The van der Waals surface area contributed by atoms with Crippen molar-refractivity contribution in [3.8, 4) is 0 Å². The minimum atomic E-state index is -4.71. The molecule has 3 fully saturated rings. The molecule has 3 rings (SSSR count). The third-order valence-corrected chi connectivity index (χ3v) is 6.90. The summed E-state index contributed by atoms with van der Waals surface area (Å²) >= 11 is 0. The Balaban J connectivity index is 1.39. The van der Waals surface area contributed by atoms with Gasteiger partial charge in [-0.25, -0.2) is 19.3 Å². The van der Waals surface area contributed by atoms with E-state index in [0.29, 0.717) is 17.9 Å². The Morgan fingerprint density at radius 3 is 2.45 bits per heavy atom. The van der Waals surface area contributed by atoms with E-state index in [9.17, 15) is 27.6 Å². The fraction of sp³-hybridized carbons (Fsp3) is 0.818. The Morgan fingerprint density at radius 1 is 1.05 bits per heavy atom. The Kier molecular flexibility index (Phi) is 10.1. The monoisotopic (exact) mass is 564 g/mol. The van der Waals surface area contributed by atoms with Crippen LogP contribution in [-0.4, -0.2) is 86.6 Å². The SMILES string of the molecule is CC(C)(C)OC(=O)NCCONC(=O)[C@@H]1CC[C@@H]2CN1C(=O)N2OS(=O)(=O)OCOC(=O)C1CCCCC1. The van der Waals surface area contributed by atoms with Crippen LogP contribution in [0.4, 0.5) is 9.59 Å². The number of carbonyl (C=O) groups is 4. The van der Waals surface area contributed by atoms with Gasteiger partial charge in [-0.3, -0.25) is 14.4 Å². The molecule has 0 aromatic rings. The van der Waals surface area contributed by atoms with Crippen LogP contribution in [0, 0.1) is 5.92 Å². The molecule has 0 spiro atoms. The Morgan fingerprint density at radius 2 is 1.76 bits per heavy atom. The molecule has 2 saturated heterocycles. The number of hydrogen-bond acceptors (Lipinski definition) is 11. The van der Waals surface area contributed by atoms with Crippen LogP contribution >= 0.6 is 0 Å². The van der Waals surface area contributed by atoms with E-state index in [1.54, 1.807) is 20.8 Å². The highest BCUT2D eigenvalue weighted by molar-refractivity contribution is 7.81. The maximum atomic E-state index is 12.8. The molecule has 0 radical (unpaired) electrons. The van der Waals surface area contributed by atoms with Gasteiger partial charge in [0.2, 0.25) is 6.79 Å². The van der Waals surface area contributed by atoms with Crippen molar-refractivity contribution in [3.63, 3.8) is 0 Å². The summed E-state index contributed by atoms with van der Waals surface area (Å²) < 4.78 is 43.9. The first kappa shape index (κ1) is 29.9. The lowest BCUT2D eigenvalue weighted by atomic mass is 9.89. The number of amides is 4. The zero-order valence-corrected chi connectivity index (χ0v) is 22.6. The van der Waals surface area contributed by atoms with Gasteiger partial charge in [-0.05, 0) is 46.5 Å². The van der Waals surface area contributed by atoms with E-state index in [1.807, 2.05) is 0 Å². The molecule has 2 aliphatic heterocycles. The van der Waals surface area contributed by atoms with E-state index in [1.165, 1.54) is 4.90 Å². The normalized spacial score (nSPS) is 22.2. The molecule has 3 aliphatic rings. The standard InChI is InChI=1S/C22H36N4O11S/c1-22(2,3)36-20(29)23-11-12-34-24-18(27)17-10-9-16-13-25(17)21(30)26(16)37-38(31,32)35-14-33-19(28)15-7-5-4-6-8-15/h15-17H,4-14H2,1-3H3,(H,23,29)(H,24,27)/t16-,17+/m1/s1. The number of esters is 1. The number of ether oxygens (including phenoxy) is 2. The predicted molar refractivity (Wildman–Crippen MR) is 128 cm³/mol. The lowest BCUT2D eigenvalue weighted by molar-refractivity contribution is -0.157. The van der Waals surface area contributed by atoms with Crippen LogP contribution < -0.4 is 10.8 Å². The van der Waals surface area contributed by atoms with Crippen molar-refractivity contribution in [2.24, 2.45) is 5.92 Å². The van der Waals surface area contributed by atoms with Crippen LogP contribution in [0.5, 0.6) is 0 Å². The van der Waals surface area contributed by atoms with E-state index in [4.69, 9.17) is 18.6 Å². The molecule has 216 valence electrons.